The van der Waals surface area contributed by atoms with Crippen molar-refractivity contribution in [3.05, 3.63) is 29.8 Å². The van der Waals surface area contributed by atoms with Gasteiger partial charge in [-0.05, 0) is 24.5 Å². The van der Waals surface area contributed by atoms with Crippen molar-refractivity contribution in [3.63, 3.8) is 0 Å². The van der Waals surface area contributed by atoms with Gasteiger partial charge in [0.2, 0.25) is 0 Å². The van der Waals surface area contributed by atoms with Gasteiger partial charge in [0.1, 0.15) is 0 Å². The summed E-state index contributed by atoms with van der Waals surface area (Å²) in [4.78, 5) is 20.4. The first kappa shape index (κ1) is 21.1. The monoisotopic (exact) mass is 318 g/mol. The zero-order valence-corrected chi connectivity index (χ0v) is 12.7. The predicted octanol–water partition coefficient (Wildman–Crippen LogP) is 4.19. The second kappa shape index (κ2) is 13.8. The van der Waals surface area contributed by atoms with E-state index in [1.54, 1.807) is 0 Å². The van der Waals surface area contributed by atoms with Crippen LogP contribution in [0.2, 0.25) is 0 Å². The van der Waals surface area contributed by atoms with Gasteiger partial charge in [-0.15, -0.1) is 0 Å². The zero-order chi connectivity index (χ0) is 14.6. The second-order valence-corrected chi connectivity index (χ2v) is 5.14. The van der Waals surface area contributed by atoms with Crippen molar-refractivity contribution in [2.75, 3.05) is 0 Å². The predicted molar refractivity (Wildman–Crippen MR) is 87.7 cm³/mol. The van der Waals surface area contributed by atoms with Crippen LogP contribution in [0, 0.1) is 0 Å². The average molecular weight is 318 g/mol. The molecule has 0 aliphatic heterocycles. The Morgan fingerprint density at radius 3 is 2.29 bits per heavy atom. The van der Waals surface area contributed by atoms with Crippen LogP contribution in [0.3, 0.4) is 0 Å². The molecule has 0 amide bonds. The Bertz CT molecular complexity index is 393. The summed E-state index contributed by atoms with van der Waals surface area (Å²) in [6, 6.07) is 7.72. The molecule has 114 valence electrons. The molecule has 4 heteroatoms. The van der Waals surface area contributed by atoms with Gasteiger partial charge in [-0.2, -0.15) is 0 Å². The molecular formula is C17H27KO3. The van der Waals surface area contributed by atoms with Gasteiger partial charge in [0.05, 0.1) is 0 Å². The standard InChI is InChI=1S/C17H26O3.K.H/c1-3-4-5-6-7-8-9-12-16-13-10-11-14-17(16)20-19-15(2)18;;/h10-11,13-14H,3-9,12H2,1-2H3;;. The Balaban J connectivity index is 0.00000400. The first-order valence-corrected chi connectivity index (χ1v) is 7.67. The molecule has 0 saturated carbocycles. The zero-order valence-electron chi connectivity index (χ0n) is 12.7. The third-order valence-electron chi connectivity index (χ3n) is 3.27. The molecule has 0 N–H and O–H groups in total. The Morgan fingerprint density at radius 2 is 1.62 bits per heavy atom. The maximum atomic E-state index is 10.8. The molecule has 0 spiro atoms. The fourth-order valence-corrected chi connectivity index (χ4v) is 2.17. The van der Waals surface area contributed by atoms with Gasteiger partial charge < -0.3 is 0 Å². The van der Waals surface area contributed by atoms with Crippen LogP contribution in [-0.2, 0) is 16.1 Å². The van der Waals surface area contributed by atoms with Gasteiger partial charge in [-0.3, -0.25) is 9.78 Å². The van der Waals surface area contributed by atoms with E-state index in [1.807, 2.05) is 24.3 Å². The van der Waals surface area contributed by atoms with Crippen LogP contribution >= 0.6 is 0 Å². The fourth-order valence-electron chi connectivity index (χ4n) is 2.17. The molecule has 1 rings (SSSR count). The molecule has 0 heterocycles. The van der Waals surface area contributed by atoms with E-state index in [9.17, 15) is 4.79 Å². The number of para-hydroxylation sites is 1. The normalized spacial score (nSPS) is 9.81. The number of carbonyl (C=O) groups is 1. The SMILES string of the molecule is CCCCCCCCCc1ccccc1OOC(C)=O.[KH]. The van der Waals surface area contributed by atoms with E-state index in [2.05, 4.69) is 11.8 Å². The molecule has 0 bridgehead atoms. The number of hydrogen-bond acceptors (Lipinski definition) is 3. The Morgan fingerprint density at radius 1 is 1.00 bits per heavy atom. The van der Waals surface area contributed by atoms with Crippen molar-refractivity contribution in [3.8, 4) is 5.75 Å². The third kappa shape index (κ3) is 10.5. The van der Waals surface area contributed by atoms with Crippen molar-refractivity contribution >= 4 is 57.4 Å². The van der Waals surface area contributed by atoms with E-state index in [0.29, 0.717) is 5.75 Å². The van der Waals surface area contributed by atoms with Crippen LogP contribution in [0.1, 0.15) is 64.4 Å². The molecule has 0 saturated heterocycles. The maximum absolute atomic E-state index is 10.8. The Kier molecular flexibility index (Phi) is 13.8. The van der Waals surface area contributed by atoms with Gasteiger partial charge >= 0.3 is 57.4 Å². The van der Waals surface area contributed by atoms with Gasteiger partial charge in [0.15, 0.2) is 5.75 Å². The summed E-state index contributed by atoms with van der Waals surface area (Å²) in [5, 5.41) is 0. The average Bonchev–Trinajstić information content (AvgIpc) is 2.45. The van der Waals surface area contributed by atoms with Crippen LogP contribution in [0.15, 0.2) is 24.3 Å². The number of hydrogen-bond donors (Lipinski definition) is 0. The summed E-state index contributed by atoms with van der Waals surface area (Å²) in [5.41, 5.74) is 1.10. The molecule has 1 aromatic carbocycles. The van der Waals surface area contributed by atoms with Crippen LogP contribution < -0.4 is 4.89 Å². The van der Waals surface area contributed by atoms with E-state index in [4.69, 9.17) is 4.89 Å². The molecule has 0 aliphatic carbocycles. The van der Waals surface area contributed by atoms with E-state index >= 15 is 0 Å². The molecule has 0 unspecified atom stereocenters. The summed E-state index contributed by atoms with van der Waals surface area (Å²) < 4.78 is 0. The quantitative estimate of drug-likeness (QED) is 0.281. The molecule has 0 radical (unpaired) electrons. The summed E-state index contributed by atoms with van der Waals surface area (Å²) >= 11 is 0. The Hall–Kier alpha value is 0.126. The van der Waals surface area contributed by atoms with Gasteiger partial charge in [0.25, 0.3) is 0 Å². The molecular weight excluding hydrogens is 291 g/mol. The van der Waals surface area contributed by atoms with Crippen LogP contribution in [-0.4, -0.2) is 57.4 Å². The van der Waals surface area contributed by atoms with Crippen molar-refractivity contribution in [2.24, 2.45) is 0 Å². The third-order valence-corrected chi connectivity index (χ3v) is 3.27. The van der Waals surface area contributed by atoms with Crippen LogP contribution in [0.5, 0.6) is 5.75 Å². The van der Waals surface area contributed by atoms with Crippen molar-refractivity contribution in [2.45, 2.75) is 65.2 Å². The molecule has 21 heavy (non-hydrogen) atoms. The number of rotatable bonds is 10. The molecule has 0 aliphatic rings. The summed E-state index contributed by atoms with van der Waals surface area (Å²) in [5.74, 6) is 0.212. The van der Waals surface area contributed by atoms with Crippen LogP contribution in [0.25, 0.3) is 0 Å². The van der Waals surface area contributed by atoms with Crippen LogP contribution in [0.4, 0.5) is 0 Å². The topological polar surface area (TPSA) is 35.5 Å². The first-order chi connectivity index (χ1) is 9.74. The minimum atomic E-state index is -0.435. The minimum absolute atomic E-state index is 0. The molecule has 0 atom stereocenters. The Labute approximate surface area is 171 Å². The summed E-state index contributed by atoms with van der Waals surface area (Å²) in [6.07, 6.45) is 9.97. The van der Waals surface area contributed by atoms with E-state index in [1.165, 1.54) is 45.4 Å². The molecule has 1 aromatic rings. The molecule has 0 fully saturated rings. The second-order valence-electron chi connectivity index (χ2n) is 5.14. The first-order valence-electron chi connectivity index (χ1n) is 7.67. The molecule has 3 nitrogen and oxygen atoms in total. The summed E-state index contributed by atoms with van der Waals surface area (Å²) in [6.45, 7) is 3.57. The molecule has 0 aromatic heterocycles. The number of aryl methyl sites for hydroxylation is 1. The van der Waals surface area contributed by atoms with Gasteiger partial charge in [0, 0.05) is 6.92 Å². The number of benzene rings is 1. The van der Waals surface area contributed by atoms with E-state index in [-0.39, 0.29) is 51.4 Å². The van der Waals surface area contributed by atoms with Crippen molar-refractivity contribution in [1.82, 2.24) is 0 Å². The van der Waals surface area contributed by atoms with E-state index in [0.717, 1.165) is 18.4 Å². The fraction of sp³-hybridized carbons (Fsp3) is 0.588. The van der Waals surface area contributed by atoms with Crippen molar-refractivity contribution in [1.29, 1.82) is 0 Å². The summed E-state index contributed by atoms with van der Waals surface area (Å²) in [7, 11) is 0. The van der Waals surface area contributed by atoms with Gasteiger partial charge in [-0.25, -0.2) is 4.79 Å². The van der Waals surface area contributed by atoms with Crippen molar-refractivity contribution < 1.29 is 14.6 Å². The number of carbonyl (C=O) groups excluding carboxylic acids is 1. The van der Waals surface area contributed by atoms with E-state index < -0.39 is 5.97 Å². The van der Waals surface area contributed by atoms with Gasteiger partial charge in [-0.1, -0.05) is 63.6 Å². The number of unbranched alkanes of at least 4 members (excludes halogenated alkanes) is 6.